The summed E-state index contributed by atoms with van der Waals surface area (Å²) in [4.78, 5) is 11.8. The van der Waals surface area contributed by atoms with Crippen LogP contribution in [0.4, 0.5) is 0 Å². The normalized spacial score (nSPS) is 18.2. The molecular formula is C14H18ClNO2. The Morgan fingerprint density at radius 3 is 2.78 bits per heavy atom. The Balaban J connectivity index is 1.84. The largest absolute Gasteiger partial charge is 0.388 e. The maximum atomic E-state index is 11.8. The van der Waals surface area contributed by atoms with Crippen molar-refractivity contribution in [3.05, 3.63) is 34.9 Å². The fourth-order valence-corrected chi connectivity index (χ4v) is 2.21. The number of amides is 1. The second-order valence-corrected chi connectivity index (χ2v) is 5.58. The van der Waals surface area contributed by atoms with Crippen molar-refractivity contribution < 1.29 is 9.90 Å². The molecule has 4 heteroatoms. The summed E-state index contributed by atoms with van der Waals surface area (Å²) in [7, 11) is 0. The highest BCUT2D eigenvalue weighted by Crippen LogP contribution is 2.38. The molecule has 1 fully saturated rings. The molecule has 2 rings (SSSR count). The minimum Gasteiger partial charge on any atom is -0.388 e. The predicted octanol–water partition coefficient (Wildman–Crippen LogP) is 2.16. The summed E-state index contributed by atoms with van der Waals surface area (Å²) in [6.45, 7) is 2.08. The highest BCUT2D eigenvalue weighted by molar-refractivity contribution is 6.31. The second kappa shape index (κ2) is 5.29. The maximum Gasteiger partial charge on any atom is 0.224 e. The average molecular weight is 268 g/mol. The van der Waals surface area contributed by atoms with Crippen molar-refractivity contribution in [1.29, 1.82) is 0 Å². The number of carbonyl (C=O) groups excluding carboxylic acids is 1. The molecule has 3 nitrogen and oxygen atoms in total. The van der Waals surface area contributed by atoms with Gasteiger partial charge in [0.05, 0.1) is 12.0 Å². The van der Waals surface area contributed by atoms with Gasteiger partial charge in [0, 0.05) is 11.6 Å². The van der Waals surface area contributed by atoms with Crippen LogP contribution in [0.1, 0.15) is 25.3 Å². The summed E-state index contributed by atoms with van der Waals surface area (Å²) < 4.78 is 0. The first-order valence-electron chi connectivity index (χ1n) is 6.21. The molecule has 1 aliphatic rings. The number of aliphatic hydroxyl groups is 1. The molecule has 0 heterocycles. The van der Waals surface area contributed by atoms with E-state index in [0.29, 0.717) is 17.5 Å². The lowest BCUT2D eigenvalue weighted by molar-refractivity contribution is -0.121. The third-order valence-corrected chi connectivity index (χ3v) is 3.78. The summed E-state index contributed by atoms with van der Waals surface area (Å²) in [6.07, 6.45) is 2.35. The third-order valence-electron chi connectivity index (χ3n) is 3.41. The van der Waals surface area contributed by atoms with Crippen LogP contribution < -0.4 is 5.32 Å². The number of carbonyl (C=O) groups is 1. The van der Waals surface area contributed by atoms with Gasteiger partial charge in [0.25, 0.3) is 0 Å². The van der Waals surface area contributed by atoms with E-state index in [4.69, 9.17) is 11.6 Å². The molecule has 1 aromatic carbocycles. The summed E-state index contributed by atoms with van der Waals surface area (Å²) in [6, 6.07) is 7.29. The Morgan fingerprint density at radius 1 is 1.50 bits per heavy atom. The van der Waals surface area contributed by atoms with Crippen molar-refractivity contribution in [2.45, 2.75) is 31.8 Å². The standard InChI is InChI=1S/C14H18ClNO2/c1-14(18,11-6-7-11)9-16-13(17)8-10-4-2-3-5-12(10)15/h2-5,11,18H,6-9H2,1H3,(H,16,17). The molecule has 1 aromatic rings. The Hall–Kier alpha value is -1.06. The molecule has 1 saturated carbocycles. The van der Waals surface area contributed by atoms with Gasteiger partial charge in [-0.05, 0) is 37.3 Å². The van der Waals surface area contributed by atoms with Gasteiger partial charge in [0.2, 0.25) is 5.91 Å². The van der Waals surface area contributed by atoms with Gasteiger partial charge in [-0.2, -0.15) is 0 Å². The van der Waals surface area contributed by atoms with Gasteiger partial charge in [0.15, 0.2) is 0 Å². The van der Waals surface area contributed by atoms with Crippen LogP contribution in [0.3, 0.4) is 0 Å². The van der Waals surface area contributed by atoms with Crippen LogP contribution in [0, 0.1) is 5.92 Å². The van der Waals surface area contributed by atoms with Crippen molar-refractivity contribution in [2.24, 2.45) is 5.92 Å². The SMILES string of the molecule is CC(O)(CNC(=O)Cc1ccccc1Cl)C1CC1. The zero-order chi connectivity index (χ0) is 13.2. The molecule has 0 spiro atoms. The van der Waals surface area contributed by atoms with E-state index in [1.165, 1.54) is 0 Å². The van der Waals surface area contributed by atoms with Crippen LogP contribution in [0.25, 0.3) is 0 Å². The molecule has 98 valence electrons. The van der Waals surface area contributed by atoms with Crippen LogP contribution >= 0.6 is 11.6 Å². The topological polar surface area (TPSA) is 49.3 Å². The van der Waals surface area contributed by atoms with Gasteiger partial charge in [-0.1, -0.05) is 29.8 Å². The number of halogens is 1. The van der Waals surface area contributed by atoms with Crippen molar-refractivity contribution in [2.75, 3.05) is 6.54 Å². The van der Waals surface area contributed by atoms with E-state index >= 15 is 0 Å². The van der Waals surface area contributed by atoms with Crippen molar-refractivity contribution >= 4 is 17.5 Å². The maximum absolute atomic E-state index is 11.8. The van der Waals surface area contributed by atoms with E-state index < -0.39 is 5.60 Å². The fourth-order valence-electron chi connectivity index (χ4n) is 2.00. The van der Waals surface area contributed by atoms with Crippen LogP contribution in [0.15, 0.2) is 24.3 Å². The van der Waals surface area contributed by atoms with E-state index in [1.54, 1.807) is 13.0 Å². The van der Waals surface area contributed by atoms with Crippen molar-refractivity contribution in [3.8, 4) is 0 Å². The quantitative estimate of drug-likeness (QED) is 0.859. The second-order valence-electron chi connectivity index (χ2n) is 5.18. The average Bonchev–Trinajstić information content (AvgIpc) is 3.14. The van der Waals surface area contributed by atoms with E-state index in [1.807, 2.05) is 18.2 Å². The highest BCUT2D eigenvalue weighted by Gasteiger charge is 2.39. The van der Waals surface area contributed by atoms with Crippen LogP contribution in [-0.2, 0) is 11.2 Å². The number of hydrogen-bond donors (Lipinski definition) is 2. The zero-order valence-electron chi connectivity index (χ0n) is 10.4. The third kappa shape index (κ3) is 3.47. The first-order valence-corrected chi connectivity index (χ1v) is 6.59. The fraction of sp³-hybridized carbons (Fsp3) is 0.500. The van der Waals surface area contributed by atoms with Crippen LogP contribution in [-0.4, -0.2) is 23.2 Å². The van der Waals surface area contributed by atoms with Gasteiger partial charge in [-0.3, -0.25) is 4.79 Å². The summed E-state index contributed by atoms with van der Waals surface area (Å²) in [5, 5.41) is 13.5. The van der Waals surface area contributed by atoms with Crippen molar-refractivity contribution in [1.82, 2.24) is 5.32 Å². The lowest BCUT2D eigenvalue weighted by Gasteiger charge is -2.23. The molecule has 18 heavy (non-hydrogen) atoms. The summed E-state index contributed by atoms with van der Waals surface area (Å²) >= 11 is 5.99. The highest BCUT2D eigenvalue weighted by atomic mass is 35.5. The molecule has 2 N–H and O–H groups in total. The van der Waals surface area contributed by atoms with E-state index in [0.717, 1.165) is 18.4 Å². The first kappa shape index (κ1) is 13.4. The molecule has 0 bridgehead atoms. The van der Waals surface area contributed by atoms with Gasteiger partial charge in [-0.15, -0.1) is 0 Å². The Labute approximate surface area is 112 Å². The lowest BCUT2D eigenvalue weighted by Crippen LogP contribution is -2.42. The lowest BCUT2D eigenvalue weighted by atomic mass is 10.0. The zero-order valence-corrected chi connectivity index (χ0v) is 11.2. The Bertz CT molecular complexity index is 441. The van der Waals surface area contributed by atoms with Gasteiger partial charge in [-0.25, -0.2) is 0 Å². The Morgan fingerprint density at radius 2 is 2.17 bits per heavy atom. The molecule has 1 unspecified atom stereocenters. The van der Waals surface area contributed by atoms with Crippen LogP contribution in [0.5, 0.6) is 0 Å². The van der Waals surface area contributed by atoms with E-state index in [9.17, 15) is 9.90 Å². The van der Waals surface area contributed by atoms with Gasteiger partial charge >= 0.3 is 0 Å². The summed E-state index contributed by atoms with van der Waals surface area (Å²) in [5.74, 6) is 0.224. The molecule has 1 amide bonds. The smallest absolute Gasteiger partial charge is 0.224 e. The van der Waals surface area contributed by atoms with E-state index in [2.05, 4.69) is 5.32 Å². The number of hydrogen-bond acceptors (Lipinski definition) is 2. The van der Waals surface area contributed by atoms with E-state index in [-0.39, 0.29) is 12.3 Å². The predicted molar refractivity (Wildman–Crippen MR) is 71.5 cm³/mol. The van der Waals surface area contributed by atoms with Gasteiger partial charge in [0.1, 0.15) is 0 Å². The van der Waals surface area contributed by atoms with Crippen LogP contribution in [0.2, 0.25) is 5.02 Å². The van der Waals surface area contributed by atoms with Crippen molar-refractivity contribution in [3.63, 3.8) is 0 Å². The molecule has 1 atom stereocenters. The minimum atomic E-state index is -0.782. The number of rotatable bonds is 5. The molecule has 0 aromatic heterocycles. The molecule has 0 aliphatic heterocycles. The number of nitrogens with one attached hydrogen (secondary N) is 1. The summed E-state index contributed by atoms with van der Waals surface area (Å²) in [5.41, 5.74) is 0.0265. The molecule has 1 aliphatic carbocycles. The Kier molecular flexibility index (Phi) is 3.93. The minimum absolute atomic E-state index is 0.107. The molecule has 0 radical (unpaired) electrons. The first-order chi connectivity index (χ1) is 8.49. The molecule has 0 saturated heterocycles. The molecular weight excluding hydrogens is 250 g/mol. The number of benzene rings is 1. The van der Waals surface area contributed by atoms with Gasteiger partial charge < -0.3 is 10.4 Å². The monoisotopic (exact) mass is 267 g/mol.